The van der Waals surface area contributed by atoms with Crippen LogP contribution in [-0.4, -0.2) is 48.8 Å². The second kappa shape index (κ2) is 7.88. The number of benzene rings is 1. The van der Waals surface area contributed by atoms with Crippen LogP contribution in [0.2, 0.25) is 0 Å². The zero-order valence-electron chi connectivity index (χ0n) is 14.6. The summed E-state index contributed by atoms with van der Waals surface area (Å²) in [5.41, 5.74) is 2.02. The topological polar surface area (TPSA) is 55.8 Å². The minimum Gasteiger partial charge on any atom is -0.393 e. The standard InChI is InChI=1S/C19H29N3O2/c1-21(14-15-7-5-10-18(15)23)19(24)20-16-8-6-9-17(13-16)22-11-3-2-4-12-22/h6,8-9,13,15,18,23H,2-5,7,10-12,14H2,1H3,(H,20,24). The van der Waals surface area contributed by atoms with E-state index in [0.29, 0.717) is 6.54 Å². The predicted molar refractivity (Wildman–Crippen MR) is 97.5 cm³/mol. The first-order valence-corrected chi connectivity index (χ1v) is 9.18. The Labute approximate surface area is 144 Å². The van der Waals surface area contributed by atoms with Gasteiger partial charge in [0.2, 0.25) is 0 Å². The molecule has 0 bridgehead atoms. The summed E-state index contributed by atoms with van der Waals surface area (Å²) in [6.07, 6.45) is 6.44. The Hall–Kier alpha value is -1.75. The summed E-state index contributed by atoms with van der Waals surface area (Å²) in [5.74, 6) is 0.209. The maximum Gasteiger partial charge on any atom is 0.321 e. The van der Waals surface area contributed by atoms with Gasteiger partial charge in [-0.2, -0.15) is 0 Å². The smallest absolute Gasteiger partial charge is 0.321 e. The number of hydrogen-bond acceptors (Lipinski definition) is 3. The number of hydrogen-bond donors (Lipinski definition) is 2. The molecule has 1 aromatic carbocycles. The summed E-state index contributed by atoms with van der Waals surface area (Å²) in [6.45, 7) is 2.80. The van der Waals surface area contributed by atoms with E-state index in [-0.39, 0.29) is 18.1 Å². The van der Waals surface area contributed by atoms with Crippen LogP contribution in [0, 0.1) is 5.92 Å². The molecule has 2 unspecified atom stereocenters. The van der Waals surface area contributed by atoms with Gasteiger partial charge in [-0.1, -0.05) is 12.5 Å². The minimum absolute atomic E-state index is 0.107. The molecule has 2 N–H and O–H groups in total. The molecule has 1 aliphatic heterocycles. The summed E-state index contributed by atoms with van der Waals surface area (Å²) in [5, 5.41) is 12.9. The number of carbonyl (C=O) groups is 1. The zero-order valence-corrected chi connectivity index (χ0v) is 14.6. The molecule has 1 aliphatic carbocycles. The van der Waals surface area contributed by atoms with E-state index in [1.807, 2.05) is 12.1 Å². The van der Waals surface area contributed by atoms with Gasteiger partial charge in [0.1, 0.15) is 0 Å². The molecular weight excluding hydrogens is 302 g/mol. The molecule has 3 rings (SSSR count). The molecule has 0 radical (unpaired) electrons. The lowest BCUT2D eigenvalue weighted by atomic mass is 10.1. The number of urea groups is 1. The molecular formula is C19H29N3O2. The highest BCUT2D eigenvalue weighted by Crippen LogP contribution is 2.26. The van der Waals surface area contributed by atoms with Crippen molar-refractivity contribution in [1.29, 1.82) is 0 Å². The Bertz CT molecular complexity index is 557. The maximum atomic E-state index is 12.4. The van der Waals surface area contributed by atoms with Crippen molar-refractivity contribution in [1.82, 2.24) is 4.90 Å². The van der Waals surface area contributed by atoms with Crippen molar-refractivity contribution in [3.63, 3.8) is 0 Å². The fourth-order valence-electron chi connectivity index (χ4n) is 3.82. The van der Waals surface area contributed by atoms with E-state index in [2.05, 4.69) is 22.3 Å². The van der Waals surface area contributed by atoms with Gasteiger partial charge in [-0.05, 0) is 50.3 Å². The normalized spacial score (nSPS) is 24.0. The Morgan fingerprint density at radius 1 is 1.25 bits per heavy atom. The number of nitrogens with one attached hydrogen (secondary N) is 1. The Morgan fingerprint density at radius 3 is 2.75 bits per heavy atom. The largest absolute Gasteiger partial charge is 0.393 e. The van der Waals surface area contributed by atoms with Crippen molar-refractivity contribution in [3.8, 4) is 0 Å². The summed E-state index contributed by atoms with van der Waals surface area (Å²) < 4.78 is 0. The average molecular weight is 331 g/mol. The van der Waals surface area contributed by atoms with Gasteiger partial charge in [0, 0.05) is 44.0 Å². The summed E-state index contributed by atoms with van der Waals surface area (Å²) in [6, 6.07) is 8.00. The Balaban J connectivity index is 1.57. The molecule has 1 saturated carbocycles. The molecule has 1 saturated heterocycles. The van der Waals surface area contributed by atoms with Gasteiger partial charge >= 0.3 is 6.03 Å². The highest BCUT2D eigenvalue weighted by molar-refractivity contribution is 5.89. The first kappa shape index (κ1) is 17.1. The number of amides is 2. The van der Waals surface area contributed by atoms with Crippen LogP contribution in [0.15, 0.2) is 24.3 Å². The van der Waals surface area contributed by atoms with Crippen LogP contribution in [0.3, 0.4) is 0 Å². The zero-order chi connectivity index (χ0) is 16.9. The number of anilines is 2. The van der Waals surface area contributed by atoms with Crippen molar-refractivity contribution in [3.05, 3.63) is 24.3 Å². The highest BCUT2D eigenvalue weighted by Gasteiger charge is 2.27. The number of nitrogens with zero attached hydrogens (tertiary/aromatic N) is 2. The quantitative estimate of drug-likeness (QED) is 0.890. The van der Waals surface area contributed by atoms with Crippen LogP contribution in [-0.2, 0) is 0 Å². The van der Waals surface area contributed by atoms with E-state index in [1.54, 1.807) is 11.9 Å². The van der Waals surface area contributed by atoms with Gasteiger partial charge in [-0.25, -0.2) is 4.79 Å². The van der Waals surface area contributed by atoms with Gasteiger partial charge in [0.15, 0.2) is 0 Å². The second-order valence-electron chi connectivity index (χ2n) is 7.17. The van der Waals surface area contributed by atoms with E-state index in [0.717, 1.165) is 38.0 Å². The second-order valence-corrected chi connectivity index (χ2v) is 7.17. The lowest BCUT2D eigenvalue weighted by molar-refractivity contribution is 0.116. The maximum absolute atomic E-state index is 12.4. The Kier molecular flexibility index (Phi) is 5.61. The van der Waals surface area contributed by atoms with Crippen LogP contribution in [0.1, 0.15) is 38.5 Å². The summed E-state index contributed by atoms with van der Waals surface area (Å²) in [4.78, 5) is 16.5. The Morgan fingerprint density at radius 2 is 2.04 bits per heavy atom. The molecule has 1 heterocycles. The van der Waals surface area contributed by atoms with Gasteiger partial charge in [-0.3, -0.25) is 0 Å². The third kappa shape index (κ3) is 4.20. The fraction of sp³-hybridized carbons (Fsp3) is 0.632. The number of piperidine rings is 1. The van der Waals surface area contributed by atoms with Crippen LogP contribution in [0.5, 0.6) is 0 Å². The van der Waals surface area contributed by atoms with Crippen molar-refractivity contribution in [2.24, 2.45) is 5.92 Å². The first-order valence-electron chi connectivity index (χ1n) is 9.18. The van der Waals surface area contributed by atoms with Crippen molar-refractivity contribution < 1.29 is 9.90 Å². The molecule has 5 heteroatoms. The van der Waals surface area contributed by atoms with Crippen molar-refractivity contribution in [2.45, 2.75) is 44.6 Å². The molecule has 132 valence electrons. The lowest BCUT2D eigenvalue weighted by Gasteiger charge is -2.29. The molecule has 2 atom stereocenters. The monoisotopic (exact) mass is 331 g/mol. The van der Waals surface area contributed by atoms with Gasteiger partial charge in [0.05, 0.1) is 6.10 Å². The van der Waals surface area contributed by atoms with Gasteiger partial charge in [-0.15, -0.1) is 0 Å². The average Bonchev–Trinajstić information content (AvgIpc) is 3.00. The molecule has 0 spiro atoms. The van der Waals surface area contributed by atoms with E-state index in [4.69, 9.17) is 0 Å². The molecule has 0 aromatic heterocycles. The highest BCUT2D eigenvalue weighted by atomic mass is 16.3. The SMILES string of the molecule is CN(CC1CCCC1O)C(=O)Nc1cccc(N2CCCCC2)c1. The molecule has 24 heavy (non-hydrogen) atoms. The number of carbonyl (C=O) groups excluding carboxylic acids is 1. The van der Waals surface area contributed by atoms with E-state index in [1.165, 1.54) is 24.9 Å². The number of rotatable bonds is 4. The molecule has 2 aliphatic rings. The van der Waals surface area contributed by atoms with Crippen LogP contribution in [0.25, 0.3) is 0 Å². The number of aliphatic hydroxyl groups excluding tert-OH is 1. The molecule has 2 fully saturated rings. The number of aliphatic hydroxyl groups is 1. The van der Waals surface area contributed by atoms with Crippen molar-refractivity contribution in [2.75, 3.05) is 36.9 Å². The third-order valence-corrected chi connectivity index (χ3v) is 5.29. The predicted octanol–water partition coefficient (Wildman–Crippen LogP) is 3.30. The minimum atomic E-state index is -0.261. The van der Waals surface area contributed by atoms with Crippen LogP contribution < -0.4 is 10.2 Å². The molecule has 1 aromatic rings. The third-order valence-electron chi connectivity index (χ3n) is 5.29. The van der Waals surface area contributed by atoms with E-state index in [9.17, 15) is 9.90 Å². The molecule has 2 amide bonds. The van der Waals surface area contributed by atoms with Gasteiger partial charge in [0.25, 0.3) is 0 Å². The van der Waals surface area contributed by atoms with E-state index < -0.39 is 0 Å². The van der Waals surface area contributed by atoms with E-state index >= 15 is 0 Å². The van der Waals surface area contributed by atoms with Crippen LogP contribution >= 0.6 is 0 Å². The van der Waals surface area contributed by atoms with Crippen molar-refractivity contribution >= 4 is 17.4 Å². The van der Waals surface area contributed by atoms with Gasteiger partial charge < -0.3 is 20.2 Å². The lowest BCUT2D eigenvalue weighted by Crippen LogP contribution is -2.37. The fourth-order valence-corrected chi connectivity index (χ4v) is 3.82. The van der Waals surface area contributed by atoms with Crippen LogP contribution in [0.4, 0.5) is 16.2 Å². The summed E-state index contributed by atoms with van der Waals surface area (Å²) in [7, 11) is 1.80. The first-order chi connectivity index (χ1) is 11.6. The molecule has 5 nitrogen and oxygen atoms in total. The summed E-state index contributed by atoms with van der Waals surface area (Å²) >= 11 is 0.